The fourth-order valence-electron chi connectivity index (χ4n) is 1.57. The normalized spacial score (nSPS) is 11.2. The van der Waals surface area contributed by atoms with Crippen molar-refractivity contribution < 1.29 is 14.3 Å². The van der Waals surface area contributed by atoms with E-state index >= 15 is 0 Å². The minimum absolute atomic E-state index is 0.177. The molecule has 4 heteroatoms. The van der Waals surface area contributed by atoms with Crippen LogP contribution in [0.5, 0.6) is 5.75 Å². The van der Waals surface area contributed by atoms with Gasteiger partial charge in [-0.3, -0.25) is 4.79 Å². The molecule has 0 aromatic heterocycles. The third-order valence-electron chi connectivity index (χ3n) is 2.43. The van der Waals surface area contributed by atoms with Crippen LogP contribution in [0.25, 0.3) is 0 Å². The fourth-order valence-corrected chi connectivity index (χ4v) is 1.57. The molecular formula is C15H23NO3. The predicted octanol–water partition coefficient (Wildman–Crippen LogP) is 2.17. The summed E-state index contributed by atoms with van der Waals surface area (Å²) in [5.41, 5.74) is 1.03. The van der Waals surface area contributed by atoms with Crippen LogP contribution in [0, 0.1) is 0 Å². The van der Waals surface area contributed by atoms with Crippen LogP contribution in [0.4, 0.5) is 0 Å². The van der Waals surface area contributed by atoms with Crippen molar-refractivity contribution in [1.29, 1.82) is 0 Å². The van der Waals surface area contributed by atoms with Gasteiger partial charge < -0.3 is 14.8 Å². The SMILES string of the molecule is COC(=O)CNCCc1ccc(OC(C)(C)C)cc1. The highest BCUT2D eigenvalue weighted by Crippen LogP contribution is 2.18. The molecule has 0 aliphatic carbocycles. The number of carbonyl (C=O) groups is 1. The van der Waals surface area contributed by atoms with E-state index in [1.54, 1.807) is 0 Å². The van der Waals surface area contributed by atoms with Crippen LogP contribution in [0.2, 0.25) is 0 Å². The molecule has 1 N–H and O–H groups in total. The van der Waals surface area contributed by atoms with Gasteiger partial charge in [0.05, 0.1) is 13.7 Å². The molecule has 1 aromatic rings. The Bertz CT molecular complexity index is 393. The maximum absolute atomic E-state index is 10.9. The van der Waals surface area contributed by atoms with Crippen molar-refractivity contribution >= 4 is 5.97 Å². The number of hydrogen-bond acceptors (Lipinski definition) is 4. The van der Waals surface area contributed by atoms with E-state index in [0.717, 1.165) is 18.7 Å². The second-order valence-electron chi connectivity index (χ2n) is 5.36. The zero-order valence-electron chi connectivity index (χ0n) is 12.2. The Morgan fingerprint density at radius 2 is 1.84 bits per heavy atom. The molecule has 1 rings (SSSR count). The van der Waals surface area contributed by atoms with Gasteiger partial charge in [-0.05, 0) is 51.4 Å². The van der Waals surface area contributed by atoms with Gasteiger partial charge in [0.1, 0.15) is 11.4 Å². The van der Waals surface area contributed by atoms with E-state index in [1.165, 1.54) is 12.7 Å². The second-order valence-corrected chi connectivity index (χ2v) is 5.36. The standard InChI is InChI=1S/C15H23NO3/c1-15(2,3)19-13-7-5-12(6-8-13)9-10-16-11-14(17)18-4/h5-8,16H,9-11H2,1-4H3. The second kappa shape index (κ2) is 7.14. The molecule has 0 saturated heterocycles. The lowest BCUT2D eigenvalue weighted by atomic mass is 10.1. The number of ether oxygens (including phenoxy) is 2. The van der Waals surface area contributed by atoms with E-state index in [-0.39, 0.29) is 18.1 Å². The van der Waals surface area contributed by atoms with E-state index in [4.69, 9.17) is 4.74 Å². The number of hydrogen-bond donors (Lipinski definition) is 1. The summed E-state index contributed by atoms with van der Waals surface area (Å²) < 4.78 is 10.3. The molecule has 0 saturated carbocycles. The summed E-state index contributed by atoms with van der Waals surface area (Å²) in [6.07, 6.45) is 0.868. The Balaban J connectivity index is 2.34. The van der Waals surface area contributed by atoms with Crippen molar-refractivity contribution in [3.8, 4) is 5.75 Å². The summed E-state index contributed by atoms with van der Waals surface area (Å²) >= 11 is 0. The average Bonchev–Trinajstić information content (AvgIpc) is 2.34. The third kappa shape index (κ3) is 6.82. The molecule has 0 unspecified atom stereocenters. The van der Waals surface area contributed by atoms with Gasteiger partial charge in [-0.2, -0.15) is 0 Å². The molecule has 0 amide bonds. The molecule has 0 aliphatic heterocycles. The molecule has 0 fully saturated rings. The van der Waals surface area contributed by atoms with Crippen molar-refractivity contribution in [3.63, 3.8) is 0 Å². The van der Waals surface area contributed by atoms with Gasteiger partial charge in [0, 0.05) is 0 Å². The highest BCUT2D eigenvalue weighted by atomic mass is 16.5. The third-order valence-corrected chi connectivity index (χ3v) is 2.43. The topological polar surface area (TPSA) is 47.6 Å². The number of methoxy groups -OCH3 is 1. The van der Waals surface area contributed by atoms with Gasteiger partial charge in [0.25, 0.3) is 0 Å². The number of nitrogens with one attached hydrogen (secondary N) is 1. The molecule has 0 bridgehead atoms. The zero-order chi connectivity index (χ0) is 14.3. The molecule has 106 valence electrons. The van der Waals surface area contributed by atoms with Crippen LogP contribution >= 0.6 is 0 Å². The van der Waals surface area contributed by atoms with Crippen LogP contribution in [-0.4, -0.2) is 31.8 Å². The Hall–Kier alpha value is -1.55. The fraction of sp³-hybridized carbons (Fsp3) is 0.533. The first kappa shape index (κ1) is 15.5. The molecule has 0 spiro atoms. The minimum atomic E-state index is -0.242. The first-order valence-corrected chi connectivity index (χ1v) is 6.46. The molecular weight excluding hydrogens is 242 g/mol. The van der Waals surface area contributed by atoms with Crippen LogP contribution in [0.15, 0.2) is 24.3 Å². The van der Waals surface area contributed by atoms with Gasteiger partial charge >= 0.3 is 5.97 Å². The molecule has 4 nitrogen and oxygen atoms in total. The monoisotopic (exact) mass is 265 g/mol. The van der Waals surface area contributed by atoms with E-state index in [1.807, 2.05) is 45.0 Å². The number of esters is 1. The Labute approximate surface area is 115 Å². The minimum Gasteiger partial charge on any atom is -0.488 e. The number of carbonyl (C=O) groups excluding carboxylic acids is 1. The summed E-state index contributed by atoms with van der Waals surface area (Å²) in [6.45, 7) is 7.07. The summed E-state index contributed by atoms with van der Waals surface area (Å²) in [4.78, 5) is 10.9. The van der Waals surface area contributed by atoms with Crippen molar-refractivity contribution in [2.75, 3.05) is 20.2 Å². The maximum atomic E-state index is 10.9. The highest BCUT2D eigenvalue weighted by Gasteiger charge is 2.11. The van der Waals surface area contributed by atoms with Gasteiger partial charge in [-0.15, -0.1) is 0 Å². The summed E-state index contributed by atoms with van der Waals surface area (Å²) in [7, 11) is 1.39. The highest BCUT2D eigenvalue weighted by molar-refractivity contribution is 5.71. The number of rotatable bonds is 6. The summed E-state index contributed by atoms with van der Waals surface area (Å²) in [5, 5.41) is 3.03. The lowest BCUT2D eigenvalue weighted by molar-refractivity contribution is -0.139. The van der Waals surface area contributed by atoms with Crippen LogP contribution in [0.1, 0.15) is 26.3 Å². The van der Waals surface area contributed by atoms with Gasteiger partial charge in [-0.25, -0.2) is 0 Å². The smallest absolute Gasteiger partial charge is 0.319 e. The first-order valence-electron chi connectivity index (χ1n) is 6.46. The van der Waals surface area contributed by atoms with Crippen molar-refractivity contribution in [3.05, 3.63) is 29.8 Å². The van der Waals surface area contributed by atoms with E-state index in [0.29, 0.717) is 0 Å². The Morgan fingerprint density at radius 3 is 2.37 bits per heavy atom. The summed E-state index contributed by atoms with van der Waals surface area (Å²) in [6, 6.07) is 8.03. The number of benzene rings is 1. The Kier molecular flexibility index (Phi) is 5.83. The predicted molar refractivity (Wildman–Crippen MR) is 75.4 cm³/mol. The van der Waals surface area contributed by atoms with Crippen LogP contribution in [-0.2, 0) is 16.0 Å². The molecule has 0 aliphatic rings. The zero-order valence-corrected chi connectivity index (χ0v) is 12.2. The van der Waals surface area contributed by atoms with Crippen molar-refractivity contribution in [2.24, 2.45) is 0 Å². The van der Waals surface area contributed by atoms with E-state index < -0.39 is 0 Å². The largest absolute Gasteiger partial charge is 0.488 e. The van der Waals surface area contributed by atoms with Crippen LogP contribution < -0.4 is 10.1 Å². The molecule has 1 aromatic carbocycles. The van der Waals surface area contributed by atoms with Gasteiger partial charge in [0.2, 0.25) is 0 Å². The Morgan fingerprint density at radius 1 is 1.21 bits per heavy atom. The van der Waals surface area contributed by atoms with Gasteiger partial charge in [0.15, 0.2) is 0 Å². The van der Waals surface area contributed by atoms with E-state index in [9.17, 15) is 4.79 Å². The lowest BCUT2D eigenvalue weighted by Gasteiger charge is -2.21. The maximum Gasteiger partial charge on any atom is 0.319 e. The lowest BCUT2D eigenvalue weighted by Crippen LogP contribution is -2.25. The molecule has 19 heavy (non-hydrogen) atoms. The van der Waals surface area contributed by atoms with Crippen molar-refractivity contribution in [1.82, 2.24) is 5.32 Å². The quantitative estimate of drug-likeness (QED) is 0.632. The molecule has 0 radical (unpaired) electrons. The van der Waals surface area contributed by atoms with Gasteiger partial charge in [-0.1, -0.05) is 12.1 Å². The van der Waals surface area contributed by atoms with E-state index in [2.05, 4.69) is 10.1 Å². The summed E-state index contributed by atoms with van der Waals surface area (Å²) in [5.74, 6) is 0.632. The molecule has 0 heterocycles. The average molecular weight is 265 g/mol. The first-order chi connectivity index (χ1) is 8.90. The van der Waals surface area contributed by atoms with Crippen LogP contribution in [0.3, 0.4) is 0 Å². The van der Waals surface area contributed by atoms with Crippen molar-refractivity contribution in [2.45, 2.75) is 32.8 Å². The molecule has 0 atom stereocenters.